The van der Waals surface area contributed by atoms with Gasteiger partial charge >= 0.3 is 0 Å². The largest absolute Gasteiger partial charge is 0.495 e. The molecule has 7 nitrogen and oxygen atoms in total. The van der Waals surface area contributed by atoms with Gasteiger partial charge in [-0.3, -0.25) is 15.3 Å². The SMILES string of the molecule is COc1cc(N2CCN[C@@](C)(n3nc(-c4ccccn4)c(Cl)c3-c3ccccn3)C2)c(F)cc1Cl. The molecule has 0 unspecified atom stereocenters. The van der Waals surface area contributed by atoms with Crippen molar-refractivity contribution in [3.63, 3.8) is 0 Å². The molecule has 0 bridgehead atoms. The van der Waals surface area contributed by atoms with E-state index in [4.69, 9.17) is 33.0 Å². The Hall–Kier alpha value is -3.20. The summed E-state index contributed by atoms with van der Waals surface area (Å²) in [6, 6.07) is 14.1. The summed E-state index contributed by atoms with van der Waals surface area (Å²) < 4.78 is 22.1. The van der Waals surface area contributed by atoms with Crippen molar-refractivity contribution < 1.29 is 9.13 Å². The molecule has 1 aliphatic heterocycles. The second-order valence-electron chi connectivity index (χ2n) is 8.41. The number of piperazine rings is 1. The molecule has 180 valence electrons. The number of halogens is 3. The summed E-state index contributed by atoms with van der Waals surface area (Å²) >= 11 is 13.0. The van der Waals surface area contributed by atoms with E-state index < -0.39 is 11.5 Å². The number of nitrogens with one attached hydrogen (secondary N) is 1. The predicted molar refractivity (Wildman–Crippen MR) is 136 cm³/mol. The minimum absolute atomic E-state index is 0.225. The number of rotatable bonds is 5. The summed E-state index contributed by atoms with van der Waals surface area (Å²) in [7, 11) is 1.51. The molecule has 5 rings (SSSR count). The highest BCUT2D eigenvalue weighted by Crippen LogP contribution is 2.39. The Balaban J connectivity index is 1.62. The molecule has 4 heterocycles. The molecule has 3 aromatic heterocycles. The fourth-order valence-corrected chi connectivity index (χ4v) is 4.92. The van der Waals surface area contributed by atoms with Crippen LogP contribution in [0.15, 0.2) is 60.9 Å². The van der Waals surface area contributed by atoms with Gasteiger partial charge in [-0.1, -0.05) is 35.3 Å². The van der Waals surface area contributed by atoms with E-state index in [0.29, 0.717) is 58.9 Å². The molecule has 0 spiro atoms. The Labute approximate surface area is 212 Å². The lowest BCUT2D eigenvalue weighted by Gasteiger charge is -2.43. The van der Waals surface area contributed by atoms with Crippen molar-refractivity contribution >= 4 is 28.9 Å². The molecule has 10 heteroatoms. The van der Waals surface area contributed by atoms with Gasteiger partial charge in [0, 0.05) is 31.5 Å². The van der Waals surface area contributed by atoms with Crippen LogP contribution in [0, 0.1) is 5.82 Å². The van der Waals surface area contributed by atoms with E-state index in [9.17, 15) is 4.39 Å². The first kappa shape index (κ1) is 23.5. The number of hydrogen-bond acceptors (Lipinski definition) is 6. The molecule has 1 saturated heterocycles. The van der Waals surface area contributed by atoms with Gasteiger partial charge in [-0.2, -0.15) is 5.10 Å². The van der Waals surface area contributed by atoms with E-state index in [1.807, 2.05) is 52.9 Å². The van der Waals surface area contributed by atoms with Crippen molar-refractivity contribution in [3.05, 3.63) is 76.8 Å². The Kier molecular flexibility index (Phi) is 6.35. The van der Waals surface area contributed by atoms with Crippen LogP contribution in [0.2, 0.25) is 10.0 Å². The first-order chi connectivity index (χ1) is 16.9. The first-order valence-corrected chi connectivity index (χ1v) is 11.8. The Bertz CT molecular complexity index is 1350. The van der Waals surface area contributed by atoms with Crippen molar-refractivity contribution in [2.24, 2.45) is 0 Å². The molecule has 0 saturated carbocycles. The molecule has 0 amide bonds. The maximum atomic E-state index is 15.0. The Morgan fingerprint density at radius 1 is 1.06 bits per heavy atom. The second kappa shape index (κ2) is 9.45. The predicted octanol–water partition coefficient (Wildman–Crippen LogP) is 5.24. The van der Waals surface area contributed by atoms with Crippen LogP contribution >= 0.6 is 23.2 Å². The summed E-state index contributed by atoms with van der Waals surface area (Å²) in [6.07, 6.45) is 3.41. The number of pyridine rings is 2. The van der Waals surface area contributed by atoms with E-state index in [0.717, 1.165) is 0 Å². The third-order valence-corrected chi connectivity index (χ3v) is 6.71. The summed E-state index contributed by atoms with van der Waals surface area (Å²) in [6.45, 7) is 3.56. The minimum atomic E-state index is -0.749. The number of benzene rings is 1. The van der Waals surface area contributed by atoms with Crippen LogP contribution in [0.4, 0.5) is 10.1 Å². The van der Waals surface area contributed by atoms with Crippen LogP contribution in [0.3, 0.4) is 0 Å². The molecular weight excluding hydrogens is 490 g/mol. The third kappa shape index (κ3) is 4.33. The number of anilines is 1. The van der Waals surface area contributed by atoms with Crippen molar-refractivity contribution in [3.8, 4) is 28.5 Å². The maximum Gasteiger partial charge on any atom is 0.148 e. The third-order valence-electron chi connectivity index (χ3n) is 6.06. The molecular formula is C25H23Cl2FN6O. The number of hydrogen-bond donors (Lipinski definition) is 1. The Morgan fingerprint density at radius 2 is 1.77 bits per heavy atom. The van der Waals surface area contributed by atoms with Crippen molar-refractivity contribution in [2.45, 2.75) is 12.6 Å². The Morgan fingerprint density at radius 3 is 2.43 bits per heavy atom. The highest BCUT2D eigenvalue weighted by Gasteiger charge is 2.38. The average molecular weight is 513 g/mol. The number of nitrogens with zero attached hydrogens (tertiary/aromatic N) is 5. The summed E-state index contributed by atoms with van der Waals surface area (Å²) in [5.41, 5.74) is 2.18. The van der Waals surface area contributed by atoms with Gasteiger partial charge in [0.05, 0.1) is 40.8 Å². The number of methoxy groups -OCH3 is 1. The average Bonchev–Trinajstić information content (AvgIpc) is 3.23. The zero-order valence-corrected chi connectivity index (χ0v) is 20.7. The van der Waals surface area contributed by atoms with Gasteiger partial charge in [-0.05, 0) is 37.3 Å². The molecule has 0 radical (unpaired) electrons. The first-order valence-electron chi connectivity index (χ1n) is 11.1. The van der Waals surface area contributed by atoms with Gasteiger partial charge in [-0.25, -0.2) is 9.07 Å². The smallest absolute Gasteiger partial charge is 0.148 e. The van der Waals surface area contributed by atoms with Gasteiger partial charge in [0.2, 0.25) is 0 Å². The monoisotopic (exact) mass is 512 g/mol. The van der Waals surface area contributed by atoms with Gasteiger partial charge in [0.1, 0.15) is 28.6 Å². The lowest BCUT2D eigenvalue weighted by Crippen LogP contribution is -2.60. The van der Waals surface area contributed by atoms with Crippen LogP contribution in [-0.2, 0) is 5.66 Å². The van der Waals surface area contributed by atoms with Gasteiger partial charge in [0.15, 0.2) is 0 Å². The van der Waals surface area contributed by atoms with E-state index in [1.54, 1.807) is 18.5 Å². The fourth-order valence-electron chi connectivity index (χ4n) is 4.38. The molecule has 35 heavy (non-hydrogen) atoms. The zero-order valence-electron chi connectivity index (χ0n) is 19.2. The molecule has 1 fully saturated rings. The summed E-state index contributed by atoms with van der Waals surface area (Å²) in [4.78, 5) is 10.9. The summed E-state index contributed by atoms with van der Waals surface area (Å²) in [5, 5.41) is 9.12. The number of ether oxygens (including phenoxy) is 1. The van der Waals surface area contributed by atoms with Crippen LogP contribution in [-0.4, -0.2) is 46.5 Å². The van der Waals surface area contributed by atoms with Crippen molar-refractivity contribution in [2.75, 3.05) is 31.6 Å². The standard InChI is InChI=1S/C25H23Cl2FN6O/c1-25(15-33(12-11-31-25)20-14-21(35-2)16(26)13-17(20)28)34-24(19-8-4-6-10-30-19)22(27)23(32-34)18-7-3-5-9-29-18/h3-10,13-14,31H,11-12,15H2,1-2H3/t25-/m0/s1. The molecule has 1 aromatic carbocycles. The highest BCUT2D eigenvalue weighted by molar-refractivity contribution is 6.35. The lowest BCUT2D eigenvalue weighted by molar-refractivity contribution is 0.204. The molecule has 1 atom stereocenters. The summed E-state index contributed by atoms with van der Waals surface area (Å²) in [5.74, 6) is -0.00489. The number of aromatic nitrogens is 4. The van der Waals surface area contributed by atoms with Crippen molar-refractivity contribution in [1.29, 1.82) is 0 Å². The maximum absolute atomic E-state index is 15.0. The van der Waals surface area contributed by atoms with Crippen LogP contribution in [0.25, 0.3) is 22.8 Å². The van der Waals surface area contributed by atoms with E-state index in [1.165, 1.54) is 13.2 Å². The van der Waals surface area contributed by atoms with Gasteiger partial charge < -0.3 is 9.64 Å². The molecule has 4 aromatic rings. The van der Waals surface area contributed by atoms with Crippen molar-refractivity contribution in [1.82, 2.24) is 25.1 Å². The van der Waals surface area contributed by atoms with Crippen LogP contribution in [0.5, 0.6) is 5.75 Å². The van der Waals surface area contributed by atoms with E-state index in [-0.39, 0.29) is 5.02 Å². The normalized spacial score (nSPS) is 18.0. The van der Waals surface area contributed by atoms with E-state index in [2.05, 4.69) is 15.3 Å². The highest BCUT2D eigenvalue weighted by atomic mass is 35.5. The molecule has 0 aliphatic carbocycles. The topological polar surface area (TPSA) is 68.1 Å². The minimum Gasteiger partial charge on any atom is -0.495 e. The zero-order chi connectivity index (χ0) is 24.6. The molecule has 1 N–H and O–H groups in total. The fraction of sp³-hybridized carbons (Fsp3) is 0.240. The van der Waals surface area contributed by atoms with Gasteiger partial charge in [0.25, 0.3) is 0 Å². The van der Waals surface area contributed by atoms with Crippen LogP contribution in [0.1, 0.15) is 6.92 Å². The quantitative estimate of drug-likeness (QED) is 0.394. The van der Waals surface area contributed by atoms with E-state index >= 15 is 0 Å². The second-order valence-corrected chi connectivity index (χ2v) is 9.20. The van der Waals surface area contributed by atoms with Gasteiger partial charge in [-0.15, -0.1) is 0 Å². The van der Waals surface area contributed by atoms with Crippen LogP contribution < -0.4 is 15.0 Å². The molecule has 1 aliphatic rings. The lowest BCUT2D eigenvalue weighted by atomic mass is 10.1.